The van der Waals surface area contributed by atoms with Gasteiger partial charge < -0.3 is 25.4 Å². The first-order valence-corrected chi connectivity index (χ1v) is 13.7. The number of hydrogen-bond donors (Lipinski definition) is 5. The second-order valence-electron chi connectivity index (χ2n) is 8.45. The number of hydrogen-bond acceptors (Lipinski definition) is 7. The fourth-order valence-electron chi connectivity index (χ4n) is 3.56. The third-order valence-corrected chi connectivity index (χ3v) is 6.32. The summed E-state index contributed by atoms with van der Waals surface area (Å²) in [6, 6.07) is 17.2. The minimum Gasteiger partial charge on any atom is -0.506 e. The Morgan fingerprint density at radius 3 is 2.46 bits per heavy atom. The molecule has 0 aliphatic rings. The molecule has 0 amide bonds. The van der Waals surface area contributed by atoms with E-state index in [2.05, 4.69) is 10.0 Å². The lowest BCUT2D eigenvalue weighted by Gasteiger charge is -2.15. The maximum atomic E-state index is 11.4. The van der Waals surface area contributed by atoms with Crippen molar-refractivity contribution in [1.82, 2.24) is 5.32 Å². The van der Waals surface area contributed by atoms with Crippen LogP contribution in [0.5, 0.6) is 11.5 Å². The zero-order valence-corrected chi connectivity index (χ0v) is 21.7. The molecule has 1 atom stereocenters. The largest absolute Gasteiger partial charge is 0.506 e. The van der Waals surface area contributed by atoms with Crippen molar-refractivity contribution >= 4 is 33.3 Å². The lowest BCUT2D eigenvalue weighted by atomic mass is 10.0. The summed E-state index contributed by atoms with van der Waals surface area (Å²) in [5.41, 5.74) is 3.12. The standard InChI is InChI=1S/C26H29ClN2O7S/c1-37(34,35)29-23-14-19(7-10-24(23)30)25(31)16-28-12-13-36-20-8-9-21(22(27)15-20)18-5-2-17(3-6-18)4-11-26(32)33/h2-3,5-10,14-15,25,28-31H,4,11-13,16H2,1H3,(H,32,33)/t25-/m1/s1. The first-order chi connectivity index (χ1) is 17.5. The molecule has 0 aromatic heterocycles. The minimum absolute atomic E-state index is 0.00293. The monoisotopic (exact) mass is 548 g/mol. The van der Waals surface area contributed by atoms with Gasteiger partial charge in [0.05, 0.1) is 23.1 Å². The fraction of sp³-hybridized carbons (Fsp3) is 0.269. The molecular formula is C26H29ClN2O7S. The number of aliphatic hydroxyl groups is 1. The summed E-state index contributed by atoms with van der Waals surface area (Å²) in [4.78, 5) is 10.7. The van der Waals surface area contributed by atoms with Crippen molar-refractivity contribution < 1.29 is 33.3 Å². The van der Waals surface area contributed by atoms with E-state index in [0.717, 1.165) is 22.9 Å². The van der Waals surface area contributed by atoms with Gasteiger partial charge in [0.15, 0.2) is 0 Å². The van der Waals surface area contributed by atoms with Crippen molar-refractivity contribution in [2.24, 2.45) is 0 Å². The van der Waals surface area contributed by atoms with Crippen LogP contribution in [0, 0.1) is 0 Å². The smallest absolute Gasteiger partial charge is 0.303 e. The van der Waals surface area contributed by atoms with Crippen LogP contribution in [0.3, 0.4) is 0 Å². The molecule has 0 unspecified atom stereocenters. The van der Waals surface area contributed by atoms with Crippen LogP contribution >= 0.6 is 11.6 Å². The van der Waals surface area contributed by atoms with Crippen molar-refractivity contribution in [1.29, 1.82) is 0 Å². The minimum atomic E-state index is -3.57. The van der Waals surface area contributed by atoms with Gasteiger partial charge in [-0.15, -0.1) is 0 Å². The first kappa shape index (κ1) is 28.3. The lowest BCUT2D eigenvalue weighted by molar-refractivity contribution is -0.136. The number of aliphatic carboxylic acids is 1. The molecule has 3 rings (SSSR count). The van der Waals surface area contributed by atoms with Crippen LogP contribution in [0.1, 0.15) is 23.7 Å². The summed E-state index contributed by atoms with van der Waals surface area (Å²) in [5.74, 6) is -0.478. The number of sulfonamides is 1. The van der Waals surface area contributed by atoms with Gasteiger partial charge in [-0.2, -0.15) is 0 Å². The number of benzene rings is 3. The molecule has 5 N–H and O–H groups in total. The number of halogens is 1. The number of aryl methyl sites for hydroxylation is 1. The quantitative estimate of drug-likeness (QED) is 0.160. The van der Waals surface area contributed by atoms with Crippen LogP contribution < -0.4 is 14.8 Å². The molecule has 0 spiro atoms. The number of carboxylic acids is 1. The third-order valence-electron chi connectivity index (χ3n) is 5.42. The number of anilines is 1. The summed E-state index contributed by atoms with van der Waals surface area (Å²) in [6.07, 6.45) is 0.601. The van der Waals surface area contributed by atoms with Gasteiger partial charge in [0, 0.05) is 25.1 Å². The van der Waals surface area contributed by atoms with Crippen LogP contribution in [0.4, 0.5) is 5.69 Å². The van der Waals surface area contributed by atoms with Gasteiger partial charge in [0.1, 0.15) is 18.1 Å². The summed E-state index contributed by atoms with van der Waals surface area (Å²) >= 11 is 6.45. The Bertz CT molecular complexity index is 1330. The molecule has 0 saturated carbocycles. The average molecular weight is 549 g/mol. The van der Waals surface area contributed by atoms with E-state index in [1.54, 1.807) is 12.1 Å². The van der Waals surface area contributed by atoms with E-state index in [0.29, 0.717) is 35.9 Å². The lowest BCUT2D eigenvalue weighted by Crippen LogP contribution is -2.26. The van der Waals surface area contributed by atoms with Gasteiger partial charge in [0.25, 0.3) is 0 Å². The molecule has 0 aliphatic heterocycles. The van der Waals surface area contributed by atoms with Gasteiger partial charge in [-0.1, -0.05) is 41.9 Å². The van der Waals surface area contributed by atoms with Gasteiger partial charge in [-0.3, -0.25) is 9.52 Å². The van der Waals surface area contributed by atoms with E-state index < -0.39 is 22.1 Å². The Hall–Kier alpha value is -3.31. The number of phenols is 1. The van der Waals surface area contributed by atoms with E-state index in [-0.39, 0.29) is 24.4 Å². The number of aromatic hydroxyl groups is 1. The summed E-state index contributed by atoms with van der Waals surface area (Å²) < 4.78 is 30.8. The van der Waals surface area contributed by atoms with Crippen LogP contribution in [0.15, 0.2) is 60.7 Å². The SMILES string of the molecule is CS(=O)(=O)Nc1cc([C@H](O)CNCCOc2ccc(-c3ccc(CCC(=O)O)cc3)c(Cl)c2)ccc1O. The van der Waals surface area contributed by atoms with Gasteiger partial charge in [-0.05, 0) is 53.4 Å². The molecule has 0 radical (unpaired) electrons. The molecule has 198 valence electrons. The first-order valence-electron chi connectivity index (χ1n) is 11.4. The highest BCUT2D eigenvalue weighted by molar-refractivity contribution is 7.92. The Morgan fingerprint density at radius 2 is 1.81 bits per heavy atom. The van der Waals surface area contributed by atoms with E-state index >= 15 is 0 Å². The number of nitrogens with one attached hydrogen (secondary N) is 2. The number of carbonyl (C=O) groups is 1. The van der Waals surface area contributed by atoms with Crippen molar-refractivity contribution in [3.8, 4) is 22.6 Å². The van der Waals surface area contributed by atoms with Crippen LogP contribution in [-0.4, -0.2) is 55.7 Å². The highest BCUT2D eigenvalue weighted by Gasteiger charge is 2.13. The zero-order valence-electron chi connectivity index (χ0n) is 20.1. The molecule has 9 nitrogen and oxygen atoms in total. The molecule has 0 bridgehead atoms. The second-order valence-corrected chi connectivity index (χ2v) is 10.6. The number of carboxylic acid groups (broad SMARTS) is 1. The topological polar surface area (TPSA) is 145 Å². The highest BCUT2D eigenvalue weighted by atomic mass is 35.5. The molecule has 3 aromatic carbocycles. The van der Waals surface area contributed by atoms with E-state index in [4.69, 9.17) is 21.4 Å². The number of ether oxygens (including phenoxy) is 1. The number of rotatable bonds is 13. The summed E-state index contributed by atoms with van der Waals surface area (Å²) in [7, 11) is -3.57. The fourth-order valence-corrected chi connectivity index (χ4v) is 4.40. The Kier molecular flexibility index (Phi) is 9.76. The van der Waals surface area contributed by atoms with Crippen molar-refractivity contribution in [2.75, 3.05) is 30.7 Å². The molecule has 3 aromatic rings. The van der Waals surface area contributed by atoms with E-state index in [9.17, 15) is 23.4 Å². The third kappa shape index (κ3) is 8.94. The molecule has 11 heteroatoms. The van der Waals surface area contributed by atoms with Crippen molar-refractivity contribution in [2.45, 2.75) is 18.9 Å². The summed E-state index contributed by atoms with van der Waals surface area (Å²) in [6.45, 7) is 0.937. The van der Waals surface area contributed by atoms with Crippen molar-refractivity contribution in [3.63, 3.8) is 0 Å². The van der Waals surface area contributed by atoms with Gasteiger partial charge in [0.2, 0.25) is 10.0 Å². The molecule has 0 fully saturated rings. The number of phenolic OH excluding ortho intramolecular Hbond substituents is 1. The van der Waals surface area contributed by atoms with Crippen LogP contribution in [0.2, 0.25) is 5.02 Å². The molecule has 0 saturated heterocycles. The maximum Gasteiger partial charge on any atom is 0.303 e. The second kappa shape index (κ2) is 12.8. The van der Waals surface area contributed by atoms with E-state index in [1.807, 2.05) is 30.3 Å². The Balaban J connectivity index is 1.47. The van der Waals surface area contributed by atoms with Crippen LogP contribution in [-0.2, 0) is 21.2 Å². The van der Waals surface area contributed by atoms with E-state index in [1.165, 1.54) is 18.2 Å². The van der Waals surface area contributed by atoms with Crippen LogP contribution in [0.25, 0.3) is 11.1 Å². The molecular weight excluding hydrogens is 520 g/mol. The highest BCUT2D eigenvalue weighted by Crippen LogP contribution is 2.31. The molecule has 0 heterocycles. The number of aliphatic hydroxyl groups excluding tert-OH is 1. The van der Waals surface area contributed by atoms with Gasteiger partial charge >= 0.3 is 5.97 Å². The van der Waals surface area contributed by atoms with Gasteiger partial charge in [-0.25, -0.2) is 8.42 Å². The maximum absolute atomic E-state index is 11.4. The molecule has 0 aliphatic carbocycles. The predicted octanol–water partition coefficient (Wildman–Crippen LogP) is 3.80. The molecule has 37 heavy (non-hydrogen) atoms. The normalized spacial score (nSPS) is 12.2. The summed E-state index contributed by atoms with van der Waals surface area (Å²) in [5, 5.41) is 32.6. The van der Waals surface area contributed by atoms with Crippen molar-refractivity contribution in [3.05, 3.63) is 76.8 Å². The Morgan fingerprint density at radius 1 is 1.08 bits per heavy atom. The Labute approximate surface area is 220 Å². The zero-order chi connectivity index (χ0) is 27.0. The average Bonchev–Trinajstić information content (AvgIpc) is 2.83. The predicted molar refractivity (Wildman–Crippen MR) is 143 cm³/mol.